The van der Waals surface area contributed by atoms with Crippen molar-refractivity contribution in [2.75, 3.05) is 0 Å². The summed E-state index contributed by atoms with van der Waals surface area (Å²) in [5.74, 6) is -0.692. The topological polar surface area (TPSA) is 85.5 Å². The molecular formula is C18H15FN2O4. The lowest BCUT2D eigenvalue weighted by Crippen LogP contribution is -2.02. The third kappa shape index (κ3) is 3.50. The second-order valence-corrected chi connectivity index (χ2v) is 5.53. The van der Waals surface area contributed by atoms with Crippen molar-refractivity contribution in [2.24, 2.45) is 0 Å². The highest BCUT2D eigenvalue weighted by molar-refractivity contribution is 5.87. The molecule has 0 aliphatic carbocycles. The van der Waals surface area contributed by atoms with Crippen molar-refractivity contribution in [3.63, 3.8) is 0 Å². The Balaban J connectivity index is 1.83. The molecule has 0 saturated heterocycles. The molecule has 0 fully saturated rings. The summed E-state index contributed by atoms with van der Waals surface area (Å²) in [6.07, 6.45) is 1.21. The molecule has 0 aliphatic rings. The van der Waals surface area contributed by atoms with E-state index >= 15 is 0 Å². The summed E-state index contributed by atoms with van der Waals surface area (Å²) in [6.45, 7) is 3.58. The molecule has 2 aromatic heterocycles. The van der Waals surface area contributed by atoms with E-state index in [0.717, 1.165) is 5.56 Å². The minimum absolute atomic E-state index is 0.0657. The highest BCUT2D eigenvalue weighted by atomic mass is 19.1. The van der Waals surface area contributed by atoms with E-state index in [-0.39, 0.29) is 18.1 Å². The monoisotopic (exact) mass is 342 g/mol. The molecule has 0 aliphatic heterocycles. The molecule has 2 heterocycles. The lowest BCUT2D eigenvalue weighted by Gasteiger charge is -2.07. The fourth-order valence-electron chi connectivity index (χ4n) is 2.32. The van der Waals surface area contributed by atoms with Gasteiger partial charge in [-0.25, -0.2) is 14.2 Å². The van der Waals surface area contributed by atoms with E-state index in [1.165, 1.54) is 24.4 Å². The van der Waals surface area contributed by atoms with E-state index in [0.29, 0.717) is 22.6 Å². The molecular weight excluding hydrogens is 327 g/mol. The number of carboxylic acid groups (broad SMARTS) is 1. The maximum Gasteiger partial charge on any atom is 0.337 e. The summed E-state index contributed by atoms with van der Waals surface area (Å²) in [7, 11) is 0. The van der Waals surface area contributed by atoms with Crippen molar-refractivity contribution >= 4 is 5.97 Å². The van der Waals surface area contributed by atoms with Crippen molar-refractivity contribution in [3.05, 3.63) is 64.8 Å². The Morgan fingerprint density at radius 1 is 1.28 bits per heavy atom. The molecule has 0 bridgehead atoms. The second kappa shape index (κ2) is 6.72. The van der Waals surface area contributed by atoms with Crippen LogP contribution >= 0.6 is 0 Å². The van der Waals surface area contributed by atoms with Crippen LogP contribution in [0.3, 0.4) is 0 Å². The van der Waals surface area contributed by atoms with Crippen LogP contribution in [0, 0.1) is 19.7 Å². The van der Waals surface area contributed by atoms with Gasteiger partial charge in [-0.3, -0.25) is 0 Å². The van der Waals surface area contributed by atoms with Gasteiger partial charge < -0.3 is 14.4 Å². The summed E-state index contributed by atoms with van der Waals surface area (Å²) in [6, 6.07) is 7.71. The molecule has 0 amide bonds. The van der Waals surface area contributed by atoms with Crippen molar-refractivity contribution in [2.45, 2.75) is 20.5 Å². The van der Waals surface area contributed by atoms with E-state index < -0.39 is 11.8 Å². The first-order chi connectivity index (χ1) is 12.0. The average molecular weight is 342 g/mol. The van der Waals surface area contributed by atoms with Gasteiger partial charge in [0.25, 0.3) is 0 Å². The number of rotatable bonds is 5. The van der Waals surface area contributed by atoms with Crippen LogP contribution in [0.1, 0.15) is 27.2 Å². The Morgan fingerprint density at radius 3 is 2.72 bits per heavy atom. The van der Waals surface area contributed by atoms with Crippen LogP contribution in [-0.4, -0.2) is 21.2 Å². The number of hydrogen-bond donors (Lipinski definition) is 1. The van der Waals surface area contributed by atoms with Crippen LogP contribution < -0.4 is 4.74 Å². The molecule has 128 valence electrons. The summed E-state index contributed by atoms with van der Waals surface area (Å²) in [5.41, 5.74) is 2.18. The quantitative estimate of drug-likeness (QED) is 0.760. The number of halogens is 1. The molecule has 1 N–H and O–H groups in total. The van der Waals surface area contributed by atoms with E-state index in [1.807, 2.05) is 0 Å². The minimum Gasteiger partial charge on any atom is -0.478 e. The number of benzene rings is 1. The second-order valence-electron chi connectivity index (χ2n) is 5.53. The molecule has 0 atom stereocenters. The summed E-state index contributed by atoms with van der Waals surface area (Å²) < 4.78 is 25.0. The highest BCUT2D eigenvalue weighted by Crippen LogP contribution is 2.29. The Labute approximate surface area is 142 Å². The van der Waals surface area contributed by atoms with Gasteiger partial charge in [0, 0.05) is 17.8 Å². The van der Waals surface area contributed by atoms with Crippen LogP contribution in [0.25, 0.3) is 11.3 Å². The van der Waals surface area contributed by atoms with Gasteiger partial charge >= 0.3 is 5.97 Å². The molecule has 3 aromatic rings. The zero-order valence-corrected chi connectivity index (χ0v) is 13.6. The predicted molar refractivity (Wildman–Crippen MR) is 86.9 cm³/mol. The van der Waals surface area contributed by atoms with Crippen LogP contribution in [0.5, 0.6) is 5.88 Å². The number of aromatic carboxylic acids is 1. The minimum atomic E-state index is -1.06. The molecule has 1 aromatic carbocycles. The zero-order valence-electron chi connectivity index (χ0n) is 13.6. The summed E-state index contributed by atoms with van der Waals surface area (Å²) in [4.78, 5) is 14.8. The van der Waals surface area contributed by atoms with Gasteiger partial charge in [-0.15, -0.1) is 0 Å². The first-order valence-corrected chi connectivity index (χ1v) is 7.49. The van der Waals surface area contributed by atoms with Crippen molar-refractivity contribution in [1.82, 2.24) is 10.1 Å². The number of ether oxygens (including phenoxy) is 1. The number of carbonyl (C=O) groups is 1. The Bertz CT molecular complexity index is 919. The number of nitrogens with zero attached hydrogens (tertiary/aromatic N) is 2. The number of carboxylic acids is 1. The Hall–Kier alpha value is -3.22. The maximum atomic E-state index is 14.2. The van der Waals surface area contributed by atoms with E-state index in [9.17, 15) is 9.18 Å². The standard InChI is InChI=1S/C18H15FN2O4/c1-10-3-5-13(15(19)7-10)17-14(11(2)25-21-17)9-24-16-6-4-12(8-20-16)18(22)23/h3-8H,9H2,1-2H3,(H,22,23). The Kier molecular flexibility index (Phi) is 4.47. The third-order valence-corrected chi connectivity index (χ3v) is 3.71. The van der Waals surface area contributed by atoms with Gasteiger partial charge in [0.05, 0.1) is 11.1 Å². The fourth-order valence-corrected chi connectivity index (χ4v) is 2.32. The Morgan fingerprint density at radius 2 is 2.08 bits per heavy atom. The molecule has 0 radical (unpaired) electrons. The maximum absolute atomic E-state index is 14.2. The van der Waals surface area contributed by atoms with Crippen LogP contribution in [0.2, 0.25) is 0 Å². The third-order valence-electron chi connectivity index (χ3n) is 3.71. The normalized spacial score (nSPS) is 10.7. The lowest BCUT2D eigenvalue weighted by atomic mass is 10.0. The molecule has 0 spiro atoms. The molecule has 0 saturated carbocycles. The van der Waals surface area contributed by atoms with Gasteiger partial charge in [0.2, 0.25) is 5.88 Å². The first kappa shape index (κ1) is 16.6. The van der Waals surface area contributed by atoms with Crippen LogP contribution in [-0.2, 0) is 6.61 Å². The average Bonchev–Trinajstić information content (AvgIpc) is 2.94. The van der Waals surface area contributed by atoms with E-state index in [1.54, 1.807) is 26.0 Å². The van der Waals surface area contributed by atoms with Crippen LogP contribution in [0.15, 0.2) is 41.1 Å². The van der Waals surface area contributed by atoms with Gasteiger partial charge in [-0.2, -0.15) is 0 Å². The molecule has 25 heavy (non-hydrogen) atoms. The van der Waals surface area contributed by atoms with Crippen molar-refractivity contribution in [3.8, 4) is 17.1 Å². The fraction of sp³-hybridized carbons (Fsp3) is 0.167. The summed E-state index contributed by atoms with van der Waals surface area (Å²) >= 11 is 0. The van der Waals surface area contributed by atoms with Gasteiger partial charge in [-0.1, -0.05) is 11.2 Å². The molecule has 7 heteroatoms. The van der Waals surface area contributed by atoms with Crippen LogP contribution in [0.4, 0.5) is 4.39 Å². The van der Waals surface area contributed by atoms with E-state index in [4.69, 9.17) is 14.4 Å². The number of hydrogen-bond acceptors (Lipinski definition) is 5. The number of aryl methyl sites for hydroxylation is 2. The van der Waals surface area contributed by atoms with Gasteiger partial charge in [0.15, 0.2) is 0 Å². The smallest absolute Gasteiger partial charge is 0.337 e. The largest absolute Gasteiger partial charge is 0.478 e. The number of aromatic nitrogens is 2. The summed E-state index contributed by atoms with van der Waals surface area (Å²) in [5, 5.41) is 12.8. The predicted octanol–water partition coefficient (Wildman–Crippen LogP) is 3.77. The molecule has 0 unspecified atom stereocenters. The van der Waals surface area contributed by atoms with Gasteiger partial charge in [-0.05, 0) is 37.6 Å². The first-order valence-electron chi connectivity index (χ1n) is 7.49. The molecule has 3 rings (SSSR count). The van der Waals surface area contributed by atoms with Crippen molar-refractivity contribution < 1.29 is 23.6 Å². The number of pyridine rings is 1. The molecule has 6 nitrogen and oxygen atoms in total. The SMILES string of the molecule is Cc1ccc(-c2noc(C)c2COc2ccc(C(=O)O)cn2)c(F)c1. The van der Waals surface area contributed by atoms with Crippen molar-refractivity contribution in [1.29, 1.82) is 0 Å². The zero-order chi connectivity index (χ0) is 18.0. The van der Waals surface area contributed by atoms with Gasteiger partial charge in [0.1, 0.15) is 23.9 Å². The van der Waals surface area contributed by atoms with E-state index in [2.05, 4.69) is 10.1 Å². The lowest BCUT2D eigenvalue weighted by molar-refractivity contribution is 0.0696. The highest BCUT2D eigenvalue weighted by Gasteiger charge is 2.18.